The number of rotatable bonds is 8. The summed E-state index contributed by atoms with van der Waals surface area (Å²) in [5.41, 5.74) is 6.66. The van der Waals surface area contributed by atoms with Crippen molar-refractivity contribution in [2.24, 2.45) is 0 Å². The molecule has 242 valence electrons. The topological polar surface area (TPSA) is 314 Å². The van der Waals surface area contributed by atoms with E-state index >= 15 is 0 Å². The van der Waals surface area contributed by atoms with Gasteiger partial charge in [0, 0.05) is 44.4 Å². The fourth-order valence-corrected chi connectivity index (χ4v) is 5.95. The molecule has 0 fully saturated rings. The van der Waals surface area contributed by atoms with Gasteiger partial charge >= 0.3 is 0 Å². The van der Waals surface area contributed by atoms with Gasteiger partial charge in [-0.2, -0.15) is 0 Å². The van der Waals surface area contributed by atoms with E-state index in [1.54, 1.807) is 0 Å². The molecule has 0 aromatic heterocycles. The van der Waals surface area contributed by atoms with Crippen molar-refractivity contribution in [3.8, 4) is 0 Å². The molecule has 1 rings (SSSR count). The predicted octanol–water partition coefficient (Wildman–Crippen LogP) is -0.388. The lowest BCUT2D eigenvalue weighted by Gasteiger charge is -2.18. The average molecular weight is 945 g/mol. The van der Waals surface area contributed by atoms with Gasteiger partial charge in [0.2, 0.25) is 0 Å². The van der Waals surface area contributed by atoms with Crippen LogP contribution in [0.25, 0.3) is 0 Å². The van der Waals surface area contributed by atoms with Crippen LogP contribution in [0.2, 0.25) is 0 Å². The van der Waals surface area contributed by atoms with E-state index in [1.165, 1.54) is 0 Å². The summed E-state index contributed by atoms with van der Waals surface area (Å²) in [4.78, 5) is 61.0. The number of nitrogen functional groups attached to an aromatic ring is 1. The lowest BCUT2D eigenvalue weighted by Crippen LogP contribution is -2.37. The van der Waals surface area contributed by atoms with Gasteiger partial charge in [-0.1, -0.05) is 0 Å². The quantitative estimate of drug-likeness (QED) is 0.117. The Morgan fingerprint density at radius 1 is 0.619 bits per heavy atom. The fourth-order valence-electron chi connectivity index (χ4n) is 1.81. The molecule has 42 heavy (non-hydrogen) atoms. The van der Waals surface area contributed by atoms with Crippen molar-refractivity contribution in [2.45, 2.75) is 39.9 Å². The number of nitrogens with two attached hydrogens (primary N) is 1. The molecule has 0 spiro atoms. The fraction of sp³-hybridized carbons (Fsp3) is 0.455. The van der Waals surface area contributed by atoms with E-state index in [-0.39, 0.29) is 29.9 Å². The van der Waals surface area contributed by atoms with Crippen LogP contribution in [0.4, 0.5) is 5.69 Å². The summed E-state index contributed by atoms with van der Waals surface area (Å²) in [6, 6.07) is 0. The van der Waals surface area contributed by atoms with E-state index < -0.39 is 61.1 Å². The number of anilines is 1. The molecule has 0 saturated heterocycles. The van der Waals surface area contributed by atoms with E-state index in [4.69, 9.17) is 55.6 Å². The summed E-state index contributed by atoms with van der Waals surface area (Å²) < 4.78 is 1.27. The van der Waals surface area contributed by atoms with Crippen molar-refractivity contribution >= 4 is 109 Å². The van der Waals surface area contributed by atoms with Gasteiger partial charge in [0.1, 0.15) is 0 Å². The number of aliphatic hydroxyl groups excluding tert-OH is 4. The van der Waals surface area contributed by atoms with Crippen LogP contribution in [0, 0.1) is 10.7 Å². The van der Waals surface area contributed by atoms with Crippen LogP contribution >= 0.6 is 67.8 Å². The third-order valence-corrected chi connectivity index (χ3v) is 6.54. The summed E-state index contributed by atoms with van der Waals surface area (Å²) in [5, 5.41) is 71.0. The van der Waals surface area contributed by atoms with Gasteiger partial charge in [-0.25, -0.2) is 0 Å². The molecule has 1 aromatic rings. The maximum absolute atomic E-state index is 12.5. The van der Waals surface area contributed by atoms with E-state index in [2.05, 4.69) is 10.6 Å². The SMILES string of the molecule is CC(=O)O.CC(=O)O.CC(=O)O.CC(=O)O.Nc1c(I)c(C(=O)NCC(O)CO)c(I)c(C(=O)NCC(O)CO)c1I. The van der Waals surface area contributed by atoms with Gasteiger partial charge in [0.25, 0.3) is 35.7 Å². The second-order valence-corrected chi connectivity index (χ2v) is 10.5. The van der Waals surface area contributed by atoms with E-state index in [9.17, 15) is 19.8 Å². The second kappa shape index (κ2) is 26.5. The van der Waals surface area contributed by atoms with Gasteiger partial charge in [0.15, 0.2) is 0 Å². The molecule has 0 heterocycles. The Kier molecular flexibility index (Phi) is 29.5. The first-order valence-electron chi connectivity index (χ1n) is 11.0. The molecule has 0 aliphatic carbocycles. The smallest absolute Gasteiger partial charge is 0.300 e. The molecule has 0 radical (unpaired) electrons. The second-order valence-electron chi connectivity index (χ2n) is 7.27. The van der Waals surface area contributed by atoms with Crippen molar-refractivity contribution in [2.75, 3.05) is 32.0 Å². The monoisotopic (exact) mass is 945 g/mol. The van der Waals surface area contributed by atoms with Crippen molar-refractivity contribution in [1.29, 1.82) is 0 Å². The average Bonchev–Trinajstić information content (AvgIpc) is 2.83. The number of hydrogen-bond acceptors (Lipinski definition) is 11. The molecule has 20 heteroatoms. The Bertz CT molecular complexity index is 940. The molecule has 2 unspecified atom stereocenters. The van der Waals surface area contributed by atoms with Gasteiger partial charge in [-0.15, -0.1) is 0 Å². The van der Waals surface area contributed by atoms with E-state index in [0.29, 0.717) is 10.7 Å². The van der Waals surface area contributed by atoms with Crippen molar-refractivity contribution in [3.63, 3.8) is 0 Å². The normalized spacial score (nSPS) is 10.5. The number of carbonyl (C=O) groups excluding carboxylic acids is 2. The van der Waals surface area contributed by atoms with Crippen LogP contribution in [0.5, 0.6) is 0 Å². The minimum atomic E-state index is -1.10. The number of amides is 2. The zero-order valence-corrected chi connectivity index (χ0v) is 29.2. The highest BCUT2D eigenvalue weighted by atomic mass is 127. The van der Waals surface area contributed by atoms with Gasteiger partial charge < -0.3 is 57.2 Å². The Balaban J connectivity index is -0.000000369. The molecule has 17 nitrogen and oxygen atoms in total. The first-order valence-corrected chi connectivity index (χ1v) is 14.2. The number of carboxylic acid groups (broad SMARTS) is 4. The van der Waals surface area contributed by atoms with Crippen molar-refractivity contribution in [1.82, 2.24) is 10.6 Å². The summed E-state index contributed by atoms with van der Waals surface area (Å²) in [6.45, 7) is 3.03. The highest BCUT2D eigenvalue weighted by Crippen LogP contribution is 2.33. The maximum Gasteiger partial charge on any atom is 0.300 e. The summed E-state index contributed by atoms with van der Waals surface area (Å²) in [7, 11) is 0. The number of carboxylic acids is 4. The molecule has 0 aliphatic rings. The van der Waals surface area contributed by atoms with E-state index in [0.717, 1.165) is 27.7 Å². The Morgan fingerprint density at radius 2 is 0.833 bits per heavy atom. The molecule has 12 N–H and O–H groups in total. The Morgan fingerprint density at radius 3 is 1.02 bits per heavy atom. The zero-order chi connectivity index (χ0) is 34.3. The Labute approximate surface area is 281 Å². The molecule has 2 atom stereocenters. The molecule has 0 bridgehead atoms. The standard InChI is InChI=1S/C14H18I3N3O6.4C2H4O2/c15-9-7(13(25)19-1-5(23)3-21)10(16)12(18)11(17)8(9)14(26)20-2-6(24)4-22;4*1-2(3)4/h5-6,21-24H,1-4,18H2,(H,19,25)(H,20,26);4*1H3,(H,3,4). The lowest BCUT2D eigenvalue weighted by molar-refractivity contribution is -0.135. The van der Waals surface area contributed by atoms with Crippen LogP contribution in [0.15, 0.2) is 0 Å². The predicted molar refractivity (Wildman–Crippen MR) is 173 cm³/mol. The molecule has 2 amide bonds. The van der Waals surface area contributed by atoms with Crippen molar-refractivity contribution in [3.05, 3.63) is 21.8 Å². The minimum absolute atomic E-state index is 0.155. The molecule has 0 saturated carbocycles. The zero-order valence-electron chi connectivity index (χ0n) is 22.7. The molecular formula is C22H34I3N3O14. The van der Waals surface area contributed by atoms with Crippen LogP contribution in [-0.4, -0.2) is 115 Å². The highest BCUT2D eigenvalue weighted by molar-refractivity contribution is 14.1. The number of aliphatic hydroxyl groups is 4. The minimum Gasteiger partial charge on any atom is -0.481 e. The lowest BCUT2D eigenvalue weighted by atomic mass is 10.1. The first-order chi connectivity index (χ1) is 19.1. The molecule has 1 aromatic carbocycles. The van der Waals surface area contributed by atoms with Gasteiger partial charge in [-0.05, 0) is 67.8 Å². The van der Waals surface area contributed by atoms with Gasteiger partial charge in [-0.3, -0.25) is 28.8 Å². The number of benzene rings is 1. The highest BCUT2D eigenvalue weighted by Gasteiger charge is 2.27. The third-order valence-electron chi connectivity index (χ3n) is 3.22. The first kappa shape index (κ1) is 46.8. The number of aliphatic carboxylic acids is 4. The largest absolute Gasteiger partial charge is 0.481 e. The van der Waals surface area contributed by atoms with Crippen LogP contribution in [0.3, 0.4) is 0 Å². The summed E-state index contributed by atoms with van der Waals surface area (Å²) in [6.07, 6.45) is -2.20. The van der Waals surface area contributed by atoms with Crippen LogP contribution in [-0.2, 0) is 19.2 Å². The number of hydrogen-bond donors (Lipinski definition) is 11. The van der Waals surface area contributed by atoms with E-state index in [1.807, 2.05) is 67.8 Å². The van der Waals surface area contributed by atoms with Crippen LogP contribution < -0.4 is 16.4 Å². The van der Waals surface area contributed by atoms with Crippen molar-refractivity contribution < 1.29 is 69.6 Å². The number of carbonyl (C=O) groups is 6. The number of nitrogens with one attached hydrogen (secondary N) is 2. The summed E-state index contributed by atoms with van der Waals surface area (Å²) in [5.74, 6) is -4.42. The maximum atomic E-state index is 12.5. The van der Waals surface area contributed by atoms with Gasteiger partial charge in [0.05, 0.1) is 49.4 Å². The molecule has 0 aliphatic heterocycles. The Hall–Kier alpha value is -2.13. The summed E-state index contributed by atoms with van der Waals surface area (Å²) >= 11 is 5.67. The third kappa shape index (κ3) is 26.7. The molecular weight excluding hydrogens is 911 g/mol. The van der Waals surface area contributed by atoms with Crippen LogP contribution in [0.1, 0.15) is 48.4 Å². The number of halogens is 3.